The van der Waals surface area contributed by atoms with Crippen LogP contribution in [0.3, 0.4) is 0 Å². The number of aliphatic hydroxyl groups is 1. The maximum absolute atomic E-state index is 9.19. The third-order valence-electron chi connectivity index (χ3n) is 5.17. The minimum absolute atomic E-state index is 0.0168. The number of benzene rings is 1. The van der Waals surface area contributed by atoms with Gasteiger partial charge in [0.15, 0.2) is 6.29 Å². The summed E-state index contributed by atoms with van der Waals surface area (Å²) in [6.45, 7) is 9.53. The number of rotatable bonds is 7. The second-order valence-electron chi connectivity index (χ2n) is 6.07. The predicted molar refractivity (Wildman–Crippen MR) is 83.8 cm³/mol. The molecule has 1 N–H and O–H groups in total. The normalized spacial score (nSPS) is 27.4. The minimum Gasteiger partial charge on any atom is -0.392 e. The van der Waals surface area contributed by atoms with Gasteiger partial charge in [0.2, 0.25) is 0 Å². The van der Waals surface area contributed by atoms with Crippen LogP contribution in [0.2, 0.25) is 0 Å². The Morgan fingerprint density at radius 2 is 1.76 bits per heavy atom. The highest BCUT2D eigenvalue weighted by atomic mass is 16.7. The van der Waals surface area contributed by atoms with Crippen LogP contribution in [-0.4, -0.2) is 18.0 Å². The van der Waals surface area contributed by atoms with Crippen LogP contribution in [-0.2, 0) is 21.7 Å². The van der Waals surface area contributed by atoms with Crippen molar-refractivity contribution in [3.63, 3.8) is 0 Å². The van der Waals surface area contributed by atoms with Crippen molar-refractivity contribution < 1.29 is 14.6 Å². The number of hydrogen-bond acceptors (Lipinski definition) is 3. The van der Waals surface area contributed by atoms with E-state index in [-0.39, 0.29) is 23.9 Å². The lowest BCUT2D eigenvalue weighted by atomic mass is 9.60. The van der Waals surface area contributed by atoms with Gasteiger partial charge in [0, 0.05) is 6.61 Å². The summed E-state index contributed by atoms with van der Waals surface area (Å²) in [5.74, 6) is 0. The maximum atomic E-state index is 9.19. The molecule has 1 aromatic rings. The average Bonchev–Trinajstić information content (AvgIpc) is 2.52. The zero-order chi connectivity index (χ0) is 15.5. The Labute approximate surface area is 128 Å². The van der Waals surface area contributed by atoms with Gasteiger partial charge in [-0.05, 0) is 37.3 Å². The van der Waals surface area contributed by atoms with E-state index in [9.17, 15) is 5.11 Å². The van der Waals surface area contributed by atoms with Crippen molar-refractivity contribution in [2.24, 2.45) is 5.41 Å². The van der Waals surface area contributed by atoms with E-state index in [1.165, 1.54) is 5.56 Å². The predicted octanol–water partition coefficient (Wildman–Crippen LogP) is 3.98. The van der Waals surface area contributed by atoms with Gasteiger partial charge in [0.1, 0.15) is 5.60 Å². The topological polar surface area (TPSA) is 38.7 Å². The molecular weight excluding hydrogens is 264 g/mol. The van der Waals surface area contributed by atoms with Gasteiger partial charge < -0.3 is 14.6 Å². The summed E-state index contributed by atoms with van der Waals surface area (Å²) in [6.07, 6.45) is 2.94. The van der Waals surface area contributed by atoms with Crippen molar-refractivity contribution in [2.75, 3.05) is 6.61 Å². The molecule has 2 unspecified atom stereocenters. The SMILES string of the molecule is CCCOC1OC(C)(c2ccc(CO)cc2)C1(CC)CC. The first-order chi connectivity index (χ1) is 10.1. The molecule has 1 heterocycles. The molecule has 1 saturated heterocycles. The molecule has 0 saturated carbocycles. The number of ether oxygens (including phenoxy) is 2. The molecule has 21 heavy (non-hydrogen) atoms. The molecule has 0 amide bonds. The zero-order valence-electron chi connectivity index (χ0n) is 13.7. The van der Waals surface area contributed by atoms with Gasteiger partial charge in [-0.15, -0.1) is 0 Å². The molecule has 0 aromatic heterocycles. The second-order valence-corrected chi connectivity index (χ2v) is 6.07. The van der Waals surface area contributed by atoms with Gasteiger partial charge in [0.25, 0.3) is 0 Å². The Morgan fingerprint density at radius 1 is 1.14 bits per heavy atom. The molecule has 1 aliphatic rings. The van der Waals surface area contributed by atoms with Crippen LogP contribution in [0.5, 0.6) is 0 Å². The Kier molecular flexibility index (Phi) is 5.07. The summed E-state index contributed by atoms with van der Waals surface area (Å²) in [6, 6.07) is 8.09. The van der Waals surface area contributed by atoms with E-state index in [0.29, 0.717) is 0 Å². The summed E-state index contributed by atoms with van der Waals surface area (Å²) in [7, 11) is 0. The smallest absolute Gasteiger partial charge is 0.167 e. The molecule has 3 nitrogen and oxygen atoms in total. The first kappa shape index (κ1) is 16.5. The molecular formula is C18H28O3. The first-order valence-corrected chi connectivity index (χ1v) is 8.07. The van der Waals surface area contributed by atoms with E-state index in [2.05, 4.69) is 39.8 Å². The monoisotopic (exact) mass is 292 g/mol. The van der Waals surface area contributed by atoms with Crippen LogP contribution in [0.4, 0.5) is 0 Å². The van der Waals surface area contributed by atoms with E-state index < -0.39 is 0 Å². The largest absolute Gasteiger partial charge is 0.392 e. The maximum Gasteiger partial charge on any atom is 0.167 e. The average molecular weight is 292 g/mol. The van der Waals surface area contributed by atoms with E-state index in [0.717, 1.165) is 31.4 Å². The highest BCUT2D eigenvalue weighted by Crippen LogP contribution is 2.60. The molecule has 118 valence electrons. The fraction of sp³-hybridized carbons (Fsp3) is 0.667. The fourth-order valence-corrected chi connectivity index (χ4v) is 3.57. The summed E-state index contributed by atoms with van der Waals surface area (Å²) in [5.41, 5.74) is 1.80. The third kappa shape index (κ3) is 2.52. The summed E-state index contributed by atoms with van der Waals surface area (Å²) < 4.78 is 12.1. The van der Waals surface area contributed by atoms with Crippen LogP contribution >= 0.6 is 0 Å². The Bertz CT molecular complexity index is 450. The molecule has 2 atom stereocenters. The van der Waals surface area contributed by atoms with Crippen LogP contribution in [0, 0.1) is 5.41 Å². The van der Waals surface area contributed by atoms with Crippen molar-refractivity contribution in [3.8, 4) is 0 Å². The Hall–Kier alpha value is -0.900. The van der Waals surface area contributed by atoms with Crippen LogP contribution in [0.15, 0.2) is 24.3 Å². The van der Waals surface area contributed by atoms with E-state index in [1.807, 2.05) is 12.1 Å². The third-order valence-corrected chi connectivity index (χ3v) is 5.17. The second kappa shape index (κ2) is 6.47. The molecule has 1 fully saturated rings. The molecule has 0 aliphatic carbocycles. The van der Waals surface area contributed by atoms with E-state index in [1.54, 1.807) is 0 Å². The molecule has 1 aliphatic heterocycles. The minimum atomic E-state index is -0.317. The van der Waals surface area contributed by atoms with Crippen LogP contribution in [0.1, 0.15) is 58.1 Å². The highest BCUT2D eigenvalue weighted by Gasteiger charge is 2.64. The van der Waals surface area contributed by atoms with Crippen LogP contribution < -0.4 is 0 Å². The lowest BCUT2D eigenvalue weighted by Gasteiger charge is -2.62. The Balaban J connectivity index is 2.27. The lowest BCUT2D eigenvalue weighted by molar-refractivity contribution is -0.408. The van der Waals surface area contributed by atoms with Gasteiger partial charge in [-0.3, -0.25) is 0 Å². The van der Waals surface area contributed by atoms with Gasteiger partial charge in [-0.2, -0.15) is 0 Å². The molecule has 3 heteroatoms. The fourth-order valence-electron chi connectivity index (χ4n) is 3.57. The summed E-state index contributed by atoms with van der Waals surface area (Å²) >= 11 is 0. The number of aliphatic hydroxyl groups excluding tert-OH is 1. The quantitative estimate of drug-likeness (QED) is 0.826. The van der Waals surface area contributed by atoms with Crippen molar-refractivity contribution in [1.82, 2.24) is 0 Å². The lowest BCUT2D eigenvalue weighted by Crippen LogP contribution is -2.65. The van der Waals surface area contributed by atoms with E-state index >= 15 is 0 Å². The van der Waals surface area contributed by atoms with E-state index in [4.69, 9.17) is 9.47 Å². The van der Waals surface area contributed by atoms with Crippen molar-refractivity contribution in [1.29, 1.82) is 0 Å². The van der Waals surface area contributed by atoms with Gasteiger partial charge >= 0.3 is 0 Å². The van der Waals surface area contributed by atoms with Crippen LogP contribution in [0.25, 0.3) is 0 Å². The Morgan fingerprint density at radius 3 is 2.24 bits per heavy atom. The van der Waals surface area contributed by atoms with Gasteiger partial charge in [-0.1, -0.05) is 45.0 Å². The first-order valence-electron chi connectivity index (χ1n) is 8.07. The molecule has 2 rings (SSSR count). The van der Waals surface area contributed by atoms with Gasteiger partial charge in [-0.25, -0.2) is 0 Å². The zero-order valence-corrected chi connectivity index (χ0v) is 13.7. The number of hydrogen-bond donors (Lipinski definition) is 1. The summed E-state index contributed by atoms with van der Waals surface area (Å²) in [4.78, 5) is 0. The highest BCUT2D eigenvalue weighted by molar-refractivity contribution is 5.31. The van der Waals surface area contributed by atoms with Crippen molar-refractivity contribution >= 4 is 0 Å². The molecule has 0 bridgehead atoms. The summed E-state index contributed by atoms with van der Waals surface area (Å²) in [5, 5.41) is 9.19. The molecule has 1 aromatic carbocycles. The molecule has 0 spiro atoms. The van der Waals surface area contributed by atoms with Crippen molar-refractivity contribution in [2.45, 2.75) is 65.5 Å². The van der Waals surface area contributed by atoms with Gasteiger partial charge in [0.05, 0.1) is 12.0 Å². The molecule has 0 radical (unpaired) electrons. The standard InChI is InChI=1S/C18H28O3/c1-5-12-20-16-18(6-2,7-3)17(4,21-16)15-10-8-14(13-19)9-11-15/h8-11,16,19H,5-7,12-13H2,1-4H3. The van der Waals surface area contributed by atoms with Crippen molar-refractivity contribution in [3.05, 3.63) is 35.4 Å².